The SMILES string of the molecule is CCOC(=O)CCC(=O)OCC(C)=O. The fourth-order valence-corrected chi connectivity index (χ4v) is 0.692. The second-order valence-corrected chi connectivity index (χ2v) is 2.67. The molecule has 0 bridgehead atoms. The zero-order valence-electron chi connectivity index (χ0n) is 8.37. The predicted molar refractivity (Wildman–Crippen MR) is 47.5 cm³/mol. The molecule has 0 atom stereocenters. The minimum Gasteiger partial charge on any atom is -0.466 e. The van der Waals surface area contributed by atoms with Crippen LogP contribution in [-0.4, -0.2) is 30.9 Å². The van der Waals surface area contributed by atoms with Gasteiger partial charge in [-0.15, -0.1) is 0 Å². The lowest BCUT2D eigenvalue weighted by Gasteiger charge is -2.02. The summed E-state index contributed by atoms with van der Waals surface area (Å²) in [6, 6.07) is 0. The maximum atomic E-state index is 10.9. The Kier molecular flexibility index (Phi) is 6.36. The molecule has 0 saturated heterocycles. The molecule has 0 radical (unpaired) electrons. The van der Waals surface area contributed by atoms with Crippen LogP contribution in [0, 0.1) is 0 Å². The molecule has 0 amide bonds. The van der Waals surface area contributed by atoms with E-state index in [1.54, 1.807) is 6.92 Å². The van der Waals surface area contributed by atoms with Crippen molar-refractivity contribution in [1.82, 2.24) is 0 Å². The molecule has 14 heavy (non-hydrogen) atoms. The van der Waals surface area contributed by atoms with E-state index in [4.69, 9.17) is 0 Å². The molecule has 80 valence electrons. The van der Waals surface area contributed by atoms with E-state index in [9.17, 15) is 14.4 Å². The van der Waals surface area contributed by atoms with Crippen molar-refractivity contribution in [2.75, 3.05) is 13.2 Å². The smallest absolute Gasteiger partial charge is 0.306 e. The van der Waals surface area contributed by atoms with Gasteiger partial charge in [0.25, 0.3) is 0 Å². The number of ketones is 1. The maximum absolute atomic E-state index is 10.9. The predicted octanol–water partition coefficient (Wildman–Crippen LogP) is 0.462. The Morgan fingerprint density at radius 3 is 1.93 bits per heavy atom. The number of rotatable bonds is 6. The van der Waals surface area contributed by atoms with Crippen molar-refractivity contribution in [2.45, 2.75) is 26.7 Å². The van der Waals surface area contributed by atoms with Crippen LogP contribution in [0.15, 0.2) is 0 Å². The lowest BCUT2D eigenvalue weighted by atomic mass is 10.3. The number of carbonyl (C=O) groups is 3. The van der Waals surface area contributed by atoms with Gasteiger partial charge in [0, 0.05) is 0 Å². The van der Waals surface area contributed by atoms with Crippen molar-refractivity contribution in [3.8, 4) is 0 Å². The van der Waals surface area contributed by atoms with Crippen molar-refractivity contribution in [1.29, 1.82) is 0 Å². The lowest BCUT2D eigenvalue weighted by molar-refractivity contribution is -0.151. The molecule has 0 heterocycles. The van der Waals surface area contributed by atoms with Crippen LogP contribution in [-0.2, 0) is 23.9 Å². The van der Waals surface area contributed by atoms with Gasteiger partial charge < -0.3 is 9.47 Å². The number of hydrogen-bond acceptors (Lipinski definition) is 5. The summed E-state index contributed by atoms with van der Waals surface area (Å²) >= 11 is 0. The quantitative estimate of drug-likeness (QED) is 0.585. The lowest BCUT2D eigenvalue weighted by Crippen LogP contribution is -2.13. The number of carbonyl (C=O) groups excluding carboxylic acids is 3. The molecule has 0 unspecified atom stereocenters. The zero-order valence-corrected chi connectivity index (χ0v) is 8.37. The number of ether oxygens (including phenoxy) is 2. The summed E-state index contributed by atoms with van der Waals surface area (Å²) in [5, 5.41) is 0. The van der Waals surface area contributed by atoms with Crippen molar-refractivity contribution < 1.29 is 23.9 Å². The van der Waals surface area contributed by atoms with Crippen molar-refractivity contribution >= 4 is 17.7 Å². The first-order valence-electron chi connectivity index (χ1n) is 4.37. The van der Waals surface area contributed by atoms with Gasteiger partial charge in [-0.2, -0.15) is 0 Å². The molecule has 5 nitrogen and oxygen atoms in total. The van der Waals surface area contributed by atoms with Crippen LogP contribution in [0.5, 0.6) is 0 Å². The van der Waals surface area contributed by atoms with Crippen molar-refractivity contribution in [3.63, 3.8) is 0 Å². The van der Waals surface area contributed by atoms with E-state index in [1.165, 1.54) is 6.92 Å². The van der Waals surface area contributed by atoms with Crippen LogP contribution in [0.3, 0.4) is 0 Å². The van der Waals surface area contributed by atoms with Crippen LogP contribution >= 0.6 is 0 Å². The molecule has 0 aliphatic heterocycles. The normalized spacial score (nSPS) is 9.29. The molecular weight excluding hydrogens is 188 g/mol. The Bertz CT molecular complexity index is 221. The Hall–Kier alpha value is -1.39. The molecule has 0 aromatic heterocycles. The van der Waals surface area contributed by atoms with Gasteiger partial charge in [0.1, 0.15) is 6.61 Å². The molecule has 0 spiro atoms. The largest absolute Gasteiger partial charge is 0.466 e. The van der Waals surface area contributed by atoms with Crippen LogP contribution in [0.2, 0.25) is 0 Å². The number of hydrogen-bond donors (Lipinski definition) is 0. The second-order valence-electron chi connectivity index (χ2n) is 2.67. The third-order valence-electron chi connectivity index (χ3n) is 1.27. The second kappa shape index (κ2) is 7.06. The van der Waals surface area contributed by atoms with Crippen molar-refractivity contribution in [2.24, 2.45) is 0 Å². The van der Waals surface area contributed by atoms with Crippen LogP contribution in [0.25, 0.3) is 0 Å². The molecule has 0 aromatic carbocycles. The summed E-state index contributed by atoms with van der Waals surface area (Å²) in [6.45, 7) is 3.06. The molecule has 0 aliphatic rings. The summed E-state index contributed by atoms with van der Waals surface area (Å²) in [5.41, 5.74) is 0. The van der Waals surface area contributed by atoms with Gasteiger partial charge in [0.2, 0.25) is 0 Å². The summed E-state index contributed by atoms with van der Waals surface area (Å²) < 4.78 is 9.14. The highest BCUT2D eigenvalue weighted by molar-refractivity contribution is 5.81. The highest BCUT2D eigenvalue weighted by Crippen LogP contribution is 1.95. The summed E-state index contributed by atoms with van der Waals surface area (Å²) in [7, 11) is 0. The maximum Gasteiger partial charge on any atom is 0.306 e. The Morgan fingerprint density at radius 2 is 1.50 bits per heavy atom. The van der Waals surface area contributed by atoms with E-state index in [1.807, 2.05) is 0 Å². The van der Waals surface area contributed by atoms with Gasteiger partial charge >= 0.3 is 11.9 Å². The summed E-state index contributed by atoms with van der Waals surface area (Å²) in [6.07, 6.45) is -0.0588. The average molecular weight is 202 g/mol. The third-order valence-corrected chi connectivity index (χ3v) is 1.27. The highest BCUT2D eigenvalue weighted by Gasteiger charge is 2.08. The van der Waals surface area contributed by atoms with E-state index in [2.05, 4.69) is 9.47 Å². The monoisotopic (exact) mass is 202 g/mol. The molecule has 5 heteroatoms. The molecule has 0 N–H and O–H groups in total. The third kappa shape index (κ3) is 7.27. The first-order chi connectivity index (χ1) is 6.56. The molecule has 0 aliphatic carbocycles. The van der Waals surface area contributed by atoms with E-state index < -0.39 is 11.9 Å². The highest BCUT2D eigenvalue weighted by atomic mass is 16.5. The molecule has 0 aromatic rings. The van der Waals surface area contributed by atoms with Gasteiger partial charge in [-0.3, -0.25) is 14.4 Å². The van der Waals surface area contributed by atoms with Crippen LogP contribution < -0.4 is 0 Å². The number of esters is 2. The first kappa shape index (κ1) is 12.6. The Labute approximate surface area is 82.4 Å². The van der Waals surface area contributed by atoms with Crippen LogP contribution in [0.1, 0.15) is 26.7 Å². The fraction of sp³-hybridized carbons (Fsp3) is 0.667. The summed E-state index contributed by atoms with van der Waals surface area (Å²) in [5.74, 6) is -1.23. The van der Waals surface area contributed by atoms with E-state index in [0.29, 0.717) is 6.61 Å². The van der Waals surface area contributed by atoms with Gasteiger partial charge in [0.05, 0.1) is 19.4 Å². The fourth-order valence-electron chi connectivity index (χ4n) is 0.692. The van der Waals surface area contributed by atoms with Gasteiger partial charge in [-0.25, -0.2) is 0 Å². The summed E-state index contributed by atoms with van der Waals surface area (Å²) in [4.78, 5) is 32.1. The zero-order chi connectivity index (χ0) is 11.0. The van der Waals surface area contributed by atoms with E-state index in [-0.39, 0.29) is 25.2 Å². The first-order valence-corrected chi connectivity index (χ1v) is 4.37. The van der Waals surface area contributed by atoms with Gasteiger partial charge in [-0.1, -0.05) is 0 Å². The molecular formula is C9H14O5. The van der Waals surface area contributed by atoms with Crippen LogP contribution in [0.4, 0.5) is 0 Å². The topological polar surface area (TPSA) is 69.7 Å². The number of Topliss-reactive ketones (excluding diaryl/α,β-unsaturated/α-hetero) is 1. The van der Waals surface area contributed by atoms with Gasteiger partial charge in [-0.05, 0) is 13.8 Å². The molecule has 0 rings (SSSR count). The standard InChI is InChI=1S/C9H14O5/c1-3-13-8(11)4-5-9(12)14-6-7(2)10/h3-6H2,1-2H3. The van der Waals surface area contributed by atoms with Crippen molar-refractivity contribution in [3.05, 3.63) is 0 Å². The van der Waals surface area contributed by atoms with E-state index in [0.717, 1.165) is 0 Å². The Morgan fingerprint density at radius 1 is 1.00 bits per heavy atom. The average Bonchev–Trinajstić information content (AvgIpc) is 2.12. The Balaban J connectivity index is 3.53. The van der Waals surface area contributed by atoms with Gasteiger partial charge in [0.15, 0.2) is 5.78 Å². The van der Waals surface area contributed by atoms with E-state index >= 15 is 0 Å². The minimum absolute atomic E-state index is 0.00935. The molecule has 0 fully saturated rings. The minimum atomic E-state index is -0.562. The molecule has 0 saturated carbocycles.